The Morgan fingerprint density at radius 3 is 2.47 bits per heavy atom. The first-order valence-corrected chi connectivity index (χ1v) is 5.93. The maximum absolute atomic E-state index is 9.45. The lowest BCUT2D eigenvalue weighted by atomic mass is 9.79. The third-order valence-corrected chi connectivity index (χ3v) is 3.79. The monoisotopic (exact) mass is 236 g/mol. The van der Waals surface area contributed by atoms with Crippen molar-refractivity contribution in [1.29, 1.82) is 0 Å². The van der Waals surface area contributed by atoms with Crippen LogP contribution in [0.4, 0.5) is 0 Å². The first kappa shape index (κ1) is 12.4. The fourth-order valence-electron chi connectivity index (χ4n) is 2.31. The van der Waals surface area contributed by atoms with Crippen LogP contribution in [0.2, 0.25) is 0 Å². The first-order valence-electron chi connectivity index (χ1n) is 5.93. The summed E-state index contributed by atoms with van der Waals surface area (Å²) in [5, 5.41) is 9.45. The van der Waals surface area contributed by atoms with Gasteiger partial charge in [0.15, 0.2) is 0 Å². The van der Waals surface area contributed by atoms with E-state index in [1.165, 1.54) is 16.7 Å². The Morgan fingerprint density at radius 2 is 2.00 bits per heavy atom. The summed E-state index contributed by atoms with van der Waals surface area (Å²) in [6, 6.07) is 4.10. The number of ether oxygens (including phenoxy) is 2. The van der Waals surface area contributed by atoms with E-state index >= 15 is 0 Å². The van der Waals surface area contributed by atoms with Crippen LogP contribution in [-0.2, 0) is 11.2 Å². The molecule has 0 aliphatic carbocycles. The van der Waals surface area contributed by atoms with Gasteiger partial charge in [-0.1, -0.05) is 6.07 Å². The van der Waals surface area contributed by atoms with E-state index in [9.17, 15) is 5.11 Å². The van der Waals surface area contributed by atoms with Crippen molar-refractivity contribution in [3.63, 3.8) is 0 Å². The molecule has 94 valence electrons. The number of benzene rings is 1. The van der Waals surface area contributed by atoms with Crippen molar-refractivity contribution in [3.05, 3.63) is 28.8 Å². The van der Waals surface area contributed by atoms with Gasteiger partial charge in [-0.15, -0.1) is 0 Å². The second-order valence-corrected chi connectivity index (χ2v) is 5.00. The fourth-order valence-corrected chi connectivity index (χ4v) is 2.31. The van der Waals surface area contributed by atoms with E-state index in [4.69, 9.17) is 9.47 Å². The molecule has 0 unspecified atom stereocenters. The Bertz CT molecular complexity index is 403. The number of aliphatic hydroxyl groups excluding tert-OH is 1. The molecule has 2 rings (SSSR count). The molecular formula is C14H20O3. The van der Waals surface area contributed by atoms with E-state index in [0.29, 0.717) is 13.2 Å². The summed E-state index contributed by atoms with van der Waals surface area (Å²) >= 11 is 0. The summed E-state index contributed by atoms with van der Waals surface area (Å²) < 4.78 is 10.5. The summed E-state index contributed by atoms with van der Waals surface area (Å²) in [4.78, 5) is 0. The quantitative estimate of drug-likeness (QED) is 0.867. The van der Waals surface area contributed by atoms with Crippen LogP contribution in [0.3, 0.4) is 0 Å². The van der Waals surface area contributed by atoms with Gasteiger partial charge in [0.05, 0.1) is 26.9 Å². The number of hydrogen-bond donors (Lipinski definition) is 1. The minimum absolute atomic E-state index is 0.0637. The fraction of sp³-hybridized carbons (Fsp3) is 0.571. The predicted octanol–water partition coefficient (Wildman–Crippen LogP) is 1.86. The van der Waals surface area contributed by atoms with Crippen LogP contribution in [0.15, 0.2) is 12.1 Å². The molecule has 1 saturated heterocycles. The molecule has 0 aromatic heterocycles. The van der Waals surface area contributed by atoms with Crippen LogP contribution in [0.25, 0.3) is 0 Å². The Morgan fingerprint density at radius 1 is 1.29 bits per heavy atom. The third-order valence-electron chi connectivity index (χ3n) is 3.79. The average Bonchev–Trinajstić information content (AvgIpc) is 2.29. The van der Waals surface area contributed by atoms with Gasteiger partial charge >= 0.3 is 0 Å². The van der Waals surface area contributed by atoms with Gasteiger partial charge in [0, 0.05) is 5.41 Å². The minimum Gasteiger partial charge on any atom is -0.496 e. The van der Waals surface area contributed by atoms with Crippen molar-refractivity contribution >= 4 is 0 Å². The predicted molar refractivity (Wildman–Crippen MR) is 66.5 cm³/mol. The van der Waals surface area contributed by atoms with E-state index < -0.39 is 0 Å². The molecule has 0 radical (unpaired) electrons. The highest BCUT2D eigenvalue weighted by Crippen LogP contribution is 2.34. The molecule has 0 atom stereocenters. The van der Waals surface area contributed by atoms with Crippen LogP contribution in [-0.4, -0.2) is 32.0 Å². The summed E-state index contributed by atoms with van der Waals surface area (Å²) in [6.07, 6.45) is 0.875. The molecule has 17 heavy (non-hydrogen) atoms. The zero-order chi connectivity index (χ0) is 12.5. The first-order chi connectivity index (χ1) is 8.12. The molecule has 1 aliphatic heterocycles. The summed E-state index contributed by atoms with van der Waals surface area (Å²) in [5.74, 6) is 0.925. The van der Waals surface area contributed by atoms with Crippen LogP contribution in [0.1, 0.15) is 16.7 Å². The van der Waals surface area contributed by atoms with Crippen LogP contribution < -0.4 is 4.74 Å². The van der Waals surface area contributed by atoms with Gasteiger partial charge in [0.2, 0.25) is 0 Å². The van der Waals surface area contributed by atoms with E-state index in [2.05, 4.69) is 19.9 Å². The lowest BCUT2D eigenvalue weighted by molar-refractivity contribution is -0.136. The number of hydrogen-bond acceptors (Lipinski definition) is 3. The van der Waals surface area contributed by atoms with Gasteiger partial charge in [-0.05, 0) is 43.0 Å². The van der Waals surface area contributed by atoms with E-state index in [1.54, 1.807) is 7.11 Å². The van der Waals surface area contributed by atoms with Crippen LogP contribution in [0, 0.1) is 19.3 Å². The topological polar surface area (TPSA) is 38.7 Å². The lowest BCUT2D eigenvalue weighted by Crippen LogP contribution is -2.47. The largest absolute Gasteiger partial charge is 0.496 e. The number of methoxy groups -OCH3 is 1. The molecule has 1 fully saturated rings. The van der Waals surface area contributed by atoms with Crippen molar-refractivity contribution in [2.45, 2.75) is 20.3 Å². The van der Waals surface area contributed by atoms with E-state index in [-0.39, 0.29) is 12.0 Å². The summed E-state index contributed by atoms with van der Waals surface area (Å²) in [6.45, 7) is 5.69. The summed E-state index contributed by atoms with van der Waals surface area (Å²) in [5.41, 5.74) is 3.65. The highest BCUT2D eigenvalue weighted by atomic mass is 16.5. The molecule has 1 N–H and O–H groups in total. The molecule has 1 aliphatic rings. The number of aliphatic hydroxyl groups is 1. The molecule has 3 nitrogen and oxygen atoms in total. The van der Waals surface area contributed by atoms with E-state index in [0.717, 1.165) is 12.2 Å². The molecule has 0 saturated carbocycles. The van der Waals surface area contributed by atoms with Gasteiger partial charge < -0.3 is 14.6 Å². The molecule has 3 heteroatoms. The normalized spacial score (nSPS) is 17.6. The van der Waals surface area contributed by atoms with Gasteiger partial charge in [-0.25, -0.2) is 0 Å². The molecule has 1 aromatic carbocycles. The van der Waals surface area contributed by atoms with Gasteiger partial charge in [-0.3, -0.25) is 0 Å². The van der Waals surface area contributed by atoms with E-state index in [1.807, 2.05) is 6.07 Å². The Hall–Kier alpha value is -1.06. The lowest BCUT2D eigenvalue weighted by Gasteiger charge is -2.40. The highest BCUT2D eigenvalue weighted by Gasteiger charge is 2.38. The van der Waals surface area contributed by atoms with Crippen molar-refractivity contribution in [3.8, 4) is 5.75 Å². The smallest absolute Gasteiger partial charge is 0.122 e. The van der Waals surface area contributed by atoms with Crippen molar-refractivity contribution in [2.24, 2.45) is 5.41 Å². The molecule has 0 amide bonds. The average molecular weight is 236 g/mol. The minimum atomic E-state index is -0.0637. The maximum atomic E-state index is 9.45. The summed E-state index contributed by atoms with van der Waals surface area (Å²) in [7, 11) is 1.69. The van der Waals surface area contributed by atoms with Crippen LogP contribution >= 0.6 is 0 Å². The van der Waals surface area contributed by atoms with Crippen molar-refractivity contribution in [1.82, 2.24) is 0 Å². The van der Waals surface area contributed by atoms with Crippen molar-refractivity contribution < 1.29 is 14.6 Å². The van der Waals surface area contributed by atoms with Crippen molar-refractivity contribution in [2.75, 3.05) is 26.9 Å². The standard InChI is InChI=1S/C14H20O3/c1-10-11(2)13(16-3)5-4-12(10)6-14(7-15)8-17-9-14/h4-5,15H,6-9H2,1-3H3. The second kappa shape index (κ2) is 4.67. The van der Waals surface area contributed by atoms with Gasteiger partial charge in [0.1, 0.15) is 5.75 Å². The zero-order valence-electron chi connectivity index (χ0n) is 10.7. The Balaban J connectivity index is 2.25. The second-order valence-electron chi connectivity index (χ2n) is 5.00. The Labute approximate surface area is 102 Å². The molecular weight excluding hydrogens is 216 g/mol. The van der Waals surface area contributed by atoms with Crippen LogP contribution in [0.5, 0.6) is 5.75 Å². The molecule has 1 aromatic rings. The highest BCUT2D eigenvalue weighted by molar-refractivity contribution is 5.44. The molecule has 0 bridgehead atoms. The molecule has 1 heterocycles. The maximum Gasteiger partial charge on any atom is 0.122 e. The SMILES string of the molecule is COc1ccc(CC2(CO)COC2)c(C)c1C. The number of rotatable bonds is 4. The third kappa shape index (κ3) is 2.17. The molecule has 0 spiro atoms. The Kier molecular flexibility index (Phi) is 3.40. The van der Waals surface area contributed by atoms with Gasteiger partial charge in [-0.2, -0.15) is 0 Å². The van der Waals surface area contributed by atoms with Gasteiger partial charge in [0.25, 0.3) is 0 Å². The zero-order valence-corrected chi connectivity index (χ0v) is 10.7.